The normalized spacial score (nSPS) is 33.8. The Morgan fingerprint density at radius 1 is 1.00 bits per heavy atom. The minimum atomic E-state index is -2.10. The summed E-state index contributed by atoms with van der Waals surface area (Å²) in [6.07, 6.45) is -1.41. The van der Waals surface area contributed by atoms with Crippen molar-refractivity contribution in [2.45, 2.75) is 110 Å². The van der Waals surface area contributed by atoms with E-state index < -0.39 is 25.8 Å². The third-order valence-electron chi connectivity index (χ3n) is 7.66. The zero-order chi connectivity index (χ0) is 23.7. The first-order valence-corrected chi connectivity index (χ1v) is 14.6. The number of ether oxygens (including phenoxy) is 3. The van der Waals surface area contributed by atoms with Gasteiger partial charge in [-0.25, -0.2) is 0 Å². The number of β-lactam (4-membered cyclic amide) rings is 1. The van der Waals surface area contributed by atoms with E-state index in [9.17, 15) is 4.79 Å². The number of nitrogens with zero attached hydrogens (tertiary/aromatic N) is 1. The van der Waals surface area contributed by atoms with E-state index in [1.54, 1.807) is 0 Å². The second kappa shape index (κ2) is 7.63. The summed E-state index contributed by atoms with van der Waals surface area (Å²) in [7, 11) is -2.10. The number of benzene rings is 1. The van der Waals surface area contributed by atoms with Gasteiger partial charge in [-0.1, -0.05) is 51.1 Å². The molecule has 0 N–H and O–H groups in total. The average Bonchev–Trinajstić information content (AvgIpc) is 3.14. The van der Waals surface area contributed by atoms with E-state index in [2.05, 4.69) is 46.0 Å². The topological polar surface area (TPSA) is 57.2 Å². The molecule has 0 aliphatic carbocycles. The number of carbonyl (C=O) groups excluding carboxylic acids is 1. The van der Waals surface area contributed by atoms with Gasteiger partial charge in [0.15, 0.2) is 20.4 Å². The summed E-state index contributed by atoms with van der Waals surface area (Å²) in [4.78, 5) is 15.0. The fraction of sp³-hybridized carbons (Fsp3) is 0.720. The Bertz CT molecular complexity index is 863. The Balaban J connectivity index is 1.62. The SMILES string of the molecule is CC1(C)O[C@@H]2[C@H](O1)[C@@H](O[Si](C)(C)C(C)(C)C)O[C@@H]2[C@H]1N(Cc2ccccc2)C(=O)C1(C)C. The maximum atomic E-state index is 13.1. The summed E-state index contributed by atoms with van der Waals surface area (Å²) in [5.41, 5.74) is 0.570. The summed E-state index contributed by atoms with van der Waals surface area (Å²) in [6.45, 7) is 19.5. The van der Waals surface area contributed by atoms with Crippen molar-refractivity contribution < 1.29 is 23.4 Å². The lowest BCUT2D eigenvalue weighted by molar-refractivity contribution is -0.238. The molecular formula is C25H39NO5Si. The molecule has 3 aliphatic rings. The lowest BCUT2D eigenvalue weighted by atomic mass is 9.70. The molecule has 1 aromatic rings. The molecule has 178 valence electrons. The van der Waals surface area contributed by atoms with E-state index in [4.69, 9.17) is 18.6 Å². The minimum Gasteiger partial charge on any atom is -0.390 e. The number of likely N-dealkylation sites (tertiary alicyclic amines) is 1. The largest absolute Gasteiger partial charge is 0.390 e. The number of hydrogen-bond donors (Lipinski definition) is 0. The fourth-order valence-electron chi connectivity index (χ4n) is 4.89. The molecule has 3 fully saturated rings. The lowest BCUT2D eigenvalue weighted by Crippen LogP contribution is -2.71. The van der Waals surface area contributed by atoms with E-state index in [1.165, 1.54) is 0 Å². The summed E-state index contributed by atoms with van der Waals surface area (Å²) >= 11 is 0. The predicted molar refractivity (Wildman–Crippen MR) is 125 cm³/mol. The average molecular weight is 462 g/mol. The molecule has 4 rings (SSSR count). The smallest absolute Gasteiger partial charge is 0.231 e. The second-order valence-electron chi connectivity index (χ2n) is 12.0. The first-order chi connectivity index (χ1) is 14.6. The summed E-state index contributed by atoms with van der Waals surface area (Å²) in [6, 6.07) is 9.98. The van der Waals surface area contributed by atoms with Crippen molar-refractivity contribution in [1.82, 2.24) is 4.90 Å². The Hall–Kier alpha value is -1.25. The van der Waals surface area contributed by atoms with Crippen LogP contribution in [0, 0.1) is 5.41 Å². The maximum Gasteiger partial charge on any atom is 0.231 e. The van der Waals surface area contributed by atoms with Gasteiger partial charge in [0, 0.05) is 6.54 Å². The predicted octanol–water partition coefficient (Wildman–Crippen LogP) is 4.69. The second-order valence-corrected chi connectivity index (χ2v) is 16.8. The van der Waals surface area contributed by atoms with Crippen LogP contribution in [-0.4, -0.2) is 55.6 Å². The summed E-state index contributed by atoms with van der Waals surface area (Å²) in [5, 5.41) is 0.0456. The molecule has 0 spiro atoms. The van der Waals surface area contributed by atoms with Crippen LogP contribution in [0.1, 0.15) is 54.0 Å². The van der Waals surface area contributed by atoms with Gasteiger partial charge < -0.3 is 23.5 Å². The first-order valence-electron chi connectivity index (χ1n) is 11.7. The first kappa shape index (κ1) is 23.9. The van der Waals surface area contributed by atoms with Gasteiger partial charge in [-0.15, -0.1) is 0 Å². The van der Waals surface area contributed by atoms with E-state index in [0.29, 0.717) is 6.54 Å². The number of rotatable bonds is 5. The van der Waals surface area contributed by atoms with Crippen LogP contribution in [0.3, 0.4) is 0 Å². The summed E-state index contributed by atoms with van der Waals surface area (Å²) in [5.74, 6) is -0.576. The number of amides is 1. The van der Waals surface area contributed by atoms with E-state index in [-0.39, 0.29) is 35.3 Å². The van der Waals surface area contributed by atoms with Crippen molar-refractivity contribution in [2.75, 3.05) is 0 Å². The highest BCUT2D eigenvalue weighted by molar-refractivity contribution is 6.74. The monoisotopic (exact) mass is 461 g/mol. The number of carbonyl (C=O) groups is 1. The highest BCUT2D eigenvalue weighted by atomic mass is 28.4. The minimum absolute atomic E-state index is 0.0456. The van der Waals surface area contributed by atoms with Crippen LogP contribution in [0.2, 0.25) is 18.1 Å². The van der Waals surface area contributed by atoms with Gasteiger partial charge >= 0.3 is 0 Å². The lowest BCUT2D eigenvalue weighted by Gasteiger charge is -2.55. The third kappa shape index (κ3) is 3.96. The van der Waals surface area contributed by atoms with Gasteiger partial charge in [0.2, 0.25) is 5.91 Å². The molecule has 3 heterocycles. The van der Waals surface area contributed by atoms with Crippen LogP contribution in [0.25, 0.3) is 0 Å². The van der Waals surface area contributed by atoms with Crippen molar-refractivity contribution in [2.24, 2.45) is 5.41 Å². The molecule has 0 saturated carbocycles. The van der Waals surface area contributed by atoms with Crippen molar-refractivity contribution >= 4 is 14.2 Å². The van der Waals surface area contributed by atoms with Crippen LogP contribution in [0.4, 0.5) is 0 Å². The summed E-state index contributed by atoms with van der Waals surface area (Å²) < 4.78 is 25.9. The van der Waals surface area contributed by atoms with E-state index >= 15 is 0 Å². The molecule has 3 aliphatic heterocycles. The van der Waals surface area contributed by atoms with Crippen molar-refractivity contribution in [3.05, 3.63) is 35.9 Å². The standard InChI is InChI=1S/C25H39NO5Si/c1-23(2,3)32(8,9)31-21-19-17(29-25(6,7)30-19)18(28-21)20-24(4,5)22(27)26(20)15-16-13-11-10-12-14-16/h10-14,17-21H,15H2,1-9H3/t17-,18-,19-,20+,21+/m0/s1. The van der Waals surface area contributed by atoms with Gasteiger partial charge in [-0.3, -0.25) is 4.79 Å². The van der Waals surface area contributed by atoms with Gasteiger partial charge in [-0.2, -0.15) is 0 Å². The van der Waals surface area contributed by atoms with Gasteiger partial charge in [0.1, 0.15) is 18.3 Å². The maximum absolute atomic E-state index is 13.1. The Labute approximate surface area is 193 Å². The Morgan fingerprint density at radius 3 is 2.19 bits per heavy atom. The highest BCUT2D eigenvalue weighted by Crippen LogP contribution is 2.50. The van der Waals surface area contributed by atoms with E-state index in [1.807, 2.05) is 50.8 Å². The molecule has 3 saturated heterocycles. The molecule has 6 nitrogen and oxygen atoms in total. The molecule has 1 amide bonds. The number of fused-ring (bicyclic) bond motifs is 1. The van der Waals surface area contributed by atoms with Crippen LogP contribution >= 0.6 is 0 Å². The molecule has 0 aromatic heterocycles. The van der Waals surface area contributed by atoms with Crippen LogP contribution < -0.4 is 0 Å². The van der Waals surface area contributed by atoms with Crippen LogP contribution in [0.5, 0.6) is 0 Å². The Morgan fingerprint density at radius 2 is 1.59 bits per heavy atom. The van der Waals surface area contributed by atoms with Crippen LogP contribution in [0.15, 0.2) is 30.3 Å². The molecule has 0 radical (unpaired) electrons. The van der Waals surface area contributed by atoms with Crippen molar-refractivity contribution in [3.8, 4) is 0 Å². The molecule has 5 atom stereocenters. The van der Waals surface area contributed by atoms with Gasteiger partial charge in [0.25, 0.3) is 0 Å². The quantitative estimate of drug-likeness (QED) is 0.470. The van der Waals surface area contributed by atoms with Crippen molar-refractivity contribution in [3.63, 3.8) is 0 Å². The fourth-order valence-corrected chi connectivity index (χ4v) is 6.02. The molecule has 7 heteroatoms. The zero-order valence-electron chi connectivity index (χ0n) is 21.0. The molecule has 1 aromatic carbocycles. The molecular weight excluding hydrogens is 422 g/mol. The number of hydrogen-bond acceptors (Lipinski definition) is 5. The Kier molecular flexibility index (Phi) is 5.70. The molecule has 0 unspecified atom stereocenters. The van der Waals surface area contributed by atoms with E-state index in [0.717, 1.165) is 5.56 Å². The van der Waals surface area contributed by atoms with Gasteiger partial charge in [-0.05, 0) is 51.4 Å². The third-order valence-corrected chi connectivity index (χ3v) is 12.1. The van der Waals surface area contributed by atoms with Crippen molar-refractivity contribution in [1.29, 1.82) is 0 Å². The van der Waals surface area contributed by atoms with Gasteiger partial charge in [0.05, 0.1) is 11.5 Å². The highest BCUT2D eigenvalue weighted by Gasteiger charge is 2.66. The molecule has 0 bridgehead atoms. The van der Waals surface area contributed by atoms with Crippen LogP contribution in [-0.2, 0) is 30.0 Å². The molecule has 32 heavy (non-hydrogen) atoms. The zero-order valence-corrected chi connectivity index (χ0v) is 22.0.